The highest BCUT2D eigenvalue weighted by Crippen LogP contribution is 2.13. The Morgan fingerprint density at radius 3 is 2.79 bits per heavy atom. The van der Waals surface area contributed by atoms with Crippen LogP contribution in [0.5, 0.6) is 0 Å². The number of aryl methyl sites for hydroxylation is 1. The molecular weight excluding hydrogens is 236 g/mol. The first-order chi connectivity index (χ1) is 9.17. The number of unbranched alkanes of at least 4 members (excludes halogenated alkanes) is 2. The molecule has 4 nitrogen and oxygen atoms in total. The highest BCUT2D eigenvalue weighted by atomic mass is 15.0. The quantitative estimate of drug-likeness (QED) is 0.728. The van der Waals surface area contributed by atoms with Crippen molar-refractivity contribution in [2.75, 3.05) is 27.7 Å². The van der Waals surface area contributed by atoms with Gasteiger partial charge in [0.2, 0.25) is 0 Å². The summed E-state index contributed by atoms with van der Waals surface area (Å²) in [7, 11) is 6.00. The molecule has 0 fully saturated rings. The fourth-order valence-corrected chi connectivity index (χ4v) is 2.03. The molecule has 1 unspecified atom stereocenters. The summed E-state index contributed by atoms with van der Waals surface area (Å²) < 4.78 is 0. The Morgan fingerprint density at radius 2 is 2.16 bits per heavy atom. The van der Waals surface area contributed by atoms with Crippen LogP contribution in [0.1, 0.15) is 36.6 Å². The normalized spacial score (nSPS) is 12.4. The molecule has 0 amide bonds. The molecule has 1 rings (SSSR count). The van der Waals surface area contributed by atoms with Crippen LogP contribution in [0.3, 0.4) is 0 Å². The molecule has 0 radical (unpaired) electrons. The van der Waals surface area contributed by atoms with E-state index < -0.39 is 0 Å². The molecule has 1 heterocycles. The lowest BCUT2D eigenvalue weighted by Gasteiger charge is -2.10. The van der Waals surface area contributed by atoms with Crippen LogP contribution in [0.15, 0.2) is 18.3 Å². The maximum absolute atomic E-state index is 9.03. The van der Waals surface area contributed by atoms with Crippen LogP contribution in [0, 0.1) is 11.3 Å². The SMILES string of the molecule is CNC(C#N)c1ccnc(CCCCCN(C)C)c1. The van der Waals surface area contributed by atoms with Crippen LogP contribution >= 0.6 is 0 Å². The molecule has 4 heteroatoms. The molecule has 1 atom stereocenters. The Kier molecular flexibility index (Phi) is 7.09. The summed E-state index contributed by atoms with van der Waals surface area (Å²) in [5.41, 5.74) is 2.08. The summed E-state index contributed by atoms with van der Waals surface area (Å²) in [6, 6.07) is 5.94. The van der Waals surface area contributed by atoms with Crippen LogP contribution in [0.25, 0.3) is 0 Å². The summed E-state index contributed by atoms with van der Waals surface area (Å²) >= 11 is 0. The second kappa shape index (κ2) is 8.63. The molecule has 0 aliphatic rings. The Hall–Kier alpha value is -1.44. The van der Waals surface area contributed by atoms with Gasteiger partial charge in [-0.2, -0.15) is 5.26 Å². The average molecular weight is 260 g/mol. The van der Waals surface area contributed by atoms with Crippen molar-refractivity contribution in [2.24, 2.45) is 0 Å². The Balaban J connectivity index is 2.42. The molecule has 0 aliphatic heterocycles. The molecule has 0 saturated heterocycles. The van der Waals surface area contributed by atoms with E-state index in [2.05, 4.69) is 35.4 Å². The second-order valence-corrected chi connectivity index (χ2v) is 5.05. The topological polar surface area (TPSA) is 52.0 Å². The van der Waals surface area contributed by atoms with E-state index in [9.17, 15) is 0 Å². The molecule has 0 saturated carbocycles. The zero-order chi connectivity index (χ0) is 14.1. The second-order valence-electron chi connectivity index (χ2n) is 5.05. The van der Waals surface area contributed by atoms with E-state index in [4.69, 9.17) is 5.26 Å². The zero-order valence-electron chi connectivity index (χ0n) is 12.2. The number of nitriles is 1. The Labute approximate surface area is 116 Å². The summed E-state index contributed by atoms with van der Waals surface area (Å²) in [5.74, 6) is 0. The fourth-order valence-electron chi connectivity index (χ4n) is 2.03. The third-order valence-electron chi connectivity index (χ3n) is 3.13. The maximum atomic E-state index is 9.03. The van der Waals surface area contributed by atoms with Gasteiger partial charge in [0, 0.05) is 11.9 Å². The molecule has 0 aromatic carbocycles. The van der Waals surface area contributed by atoms with Crippen molar-refractivity contribution >= 4 is 0 Å². The first-order valence-electron chi connectivity index (χ1n) is 6.84. The van der Waals surface area contributed by atoms with E-state index in [1.54, 1.807) is 13.2 Å². The molecule has 104 valence electrons. The van der Waals surface area contributed by atoms with Gasteiger partial charge in [-0.25, -0.2) is 0 Å². The lowest BCUT2D eigenvalue weighted by molar-refractivity contribution is 0.391. The van der Waals surface area contributed by atoms with Crippen molar-refractivity contribution in [1.29, 1.82) is 5.26 Å². The van der Waals surface area contributed by atoms with Gasteiger partial charge in [0.15, 0.2) is 0 Å². The lowest BCUT2D eigenvalue weighted by atomic mass is 10.1. The number of hydrogen-bond donors (Lipinski definition) is 1. The van der Waals surface area contributed by atoms with Gasteiger partial charge in [-0.15, -0.1) is 0 Å². The predicted molar refractivity (Wildman–Crippen MR) is 77.8 cm³/mol. The van der Waals surface area contributed by atoms with Crippen molar-refractivity contribution in [3.8, 4) is 6.07 Å². The van der Waals surface area contributed by atoms with E-state index in [0.29, 0.717) is 0 Å². The van der Waals surface area contributed by atoms with Gasteiger partial charge in [0.05, 0.1) is 6.07 Å². The zero-order valence-corrected chi connectivity index (χ0v) is 12.2. The van der Waals surface area contributed by atoms with Crippen LogP contribution in [0.2, 0.25) is 0 Å². The minimum Gasteiger partial charge on any atom is -0.309 e. The maximum Gasteiger partial charge on any atom is 0.121 e. The number of aromatic nitrogens is 1. The standard InChI is InChI=1S/C15H24N4/c1-17-15(12-16)13-8-9-18-14(11-13)7-5-4-6-10-19(2)3/h8-9,11,15,17H,4-7,10H2,1-3H3. The summed E-state index contributed by atoms with van der Waals surface area (Å²) in [6.07, 6.45) is 6.39. The Bertz CT molecular complexity index is 409. The van der Waals surface area contributed by atoms with E-state index in [1.807, 2.05) is 12.1 Å². The van der Waals surface area contributed by atoms with Crippen LogP contribution in [-0.2, 0) is 6.42 Å². The number of nitrogens with zero attached hydrogens (tertiary/aromatic N) is 3. The summed E-state index contributed by atoms with van der Waals surface area (Å²) in [4.78, 5) is 6.59. The van der Waals surface area contributed by atoms with Crippen molar-refractivity contribution in [2.45, 2.75) is 31.7 Å². The van der Waals surface area contributed by atoms with Crippen molar-refractivity contribution in [1.82, 2.24) is 15.2 Å². The van der Waals surface area contributed by atoms with Gasteiger partial charge in [-0.05, 0) is 64.6 Å². The number of rotatable bonds is 8. The van der Waals surface area contributed by atoms with E-state index >= 15 is 0 Å². The molecule has 19 heavy (non-hydrogen) atoms. The number of nitrogens with one attached hydrogen (secondary N) is 1. The molecular formula is C15H24N4. The smallest absolute Gasteiger partial charge is 0.121 e. The third-order valence-corrected chi connectivity index (χ3v) is 3.13. The van der Waals surface area contributed by atoms with Gasteiger partial charge in [0.25, 0.3) is 0 Å². The summed E-state index contributed by atoms with van der Waals surface area (Å²) in [6.45, 7) is 1.14. The van der Waals surface area contributed by atoms with Crippen LogP contribution < -0.4 is 5.32 Å². The molecule has 0 spiro atoms. The van der Waals surface area contributed by atoms with Gasteiger partial charge in [-0.3, -0.25) is 4.98 Å². The fraction of sp³-hybridized carbons (Fsp3) is 0.600. The molecule has 1 N–H and O–H groups in total. The van der Waals surface area contributed by atoms with Gasteiger partial charge in [0.1, 0.15) is 6.04 Å². The van der Waals surface area contributed by atoms with Crippen molar-refractivity contribution < 1.29 is 0 Å². The summed E-state index contributed by atoms with van der Waals surface area (Å²) in [5, 5.41) is 12.0. The Morgan fingerprint density at radius 1 is 1.37 bits per heavy atom. The van der Waals surface area contributed by atoms with Gasteiger partial charge < -0.3 is 10.2 Å². The van der Waals surface area contributed by atoms with E-state index in [-0.39, 0.29) is 6.04 Å². The lowest BCUT2D eigenvalue weighted by Crippen LogP contribution is -2.14. The molecule has 0 bridgehead atoms. The van der Waals surface area contributed by atoms with Gasteiger partial charge >= 0.3 is 0 Å². The minimum absolute atomic E-state index is 0.240. The van der Waals surface area contributed by atoms with Crippen molar-refractivity contribution in [3.05, 3.63) is 29.6 Å². The first-order valence-corrected chi connectivity index (χ1v) is 6.84. The van der Waals surface area contributed by atoms with E-state index in [1.165, 1.54) is 12.8 Å². The minimum atomic E-state index is -0.240. The van der Waals surface area contributed by atoms with Gasteiger partial charge in [-0.1, -0.05) is 6.42 Å². The average Bonchev–Trinajstić information content (AvgIpc) is 2.40. The largest absolute Gasteiger partial charge is 0.309 e. The third kappa shape index (κ3) is 5.82. The van der Waals surface area contributed by atoms with Crippen LogP contribution in [-0.4, -0.2) is 37.6 Å². The number of pyridine rings is 1. The highest BCUT2D eigenvalue weighted by Gasteiger charge is 2.08. The molecule has 1 aromatic heterocycles. The molecule has 1 aromatic rings. The van der Waals surface area contributed by atoms with E-state index in [0.717, 1.165) is 30.6 Å². The van der Waals surface area contributed by atoms with Crippen molar-refractivity contribution in [3.63, 3.8) is 0 Å². The predicted octanol–water partition coefficient (Wildman–Crippen LogP) is 2.14. The number of hydrogen-bond acceptors (Lipinski definition) is 4. The highest BCUT2D eigenvalue weighted by molar-refractivity contribution is 5.24. The monoisotopic (exact) mass is 260 g/mol. The van der Waals surface area contributed by atoms with Crippen LogP contribution in [0.4, 0.5) is 0 Å². The first kappa shape index (κ1) is 15.6. The molecule has 0 aliphatic carbocycles.